The number of halogens is 2. The maximum Gasteiger partial charge on any atom is 0.257 e. The standard InChI is InChI=1S/C21H17Cl2N3O3S/c22-18-7-4-14(11-17(18)20-3-1-2-8-24-20)25-21(27)16-6-5-15(12-19(16)23)26-9-10-29-13-30(26)28/h1-8,11-12H,9-10,13H2,(H,25,27). The van der Waals surface area contributed by atoms with Crippen molar-refractivity contribution in [3.8, 4) is 11.3 Å². The number of nitrogens with one attached hydrogen (secondary N) is 1. The van der Waals surface area contributed by atoms with Crippen LogP contribution < -0.4 is 9.62 Å². The number of rotatable bonds is 4. The Kier molecular flexibility index (Phi) is 6.34. The average molecular weight is 462 g/mol. The van der Waals surface area contributed by atoms with Crippen LogP contribution in [0.4, 0.5) is 11.4 Å². The smallest absolute Gasteiger partial charge is 0.257 e. The first-order valence-electron chi connectivity index (χ1n) is 9.08. The number of pyridine rings is 1. The maximum absolute atomic E-state index is 12.8. The van der Waals surface area contributed by atoms with Crippen molar-refractivity contribution in [1.82, 2.24) is 4.98 Å². The van der Waals surface area contributed by atoms with Gasteiger partial charge in [0.1, 0.15) is 16.9 Å². The summed E-state index contributed by atoms with van der Waals surface area (Å²) in [4.78, 5) is 17.1. The van der Waals surface area contributed by atoms with Gasteiger partial charge in [-0.2, -0.15) is 0 Å². The number of hydrogen-bond donors (Lipinski definition) is 1. The summed E-state index contributed by atoms with van der Waals surface area (Å²) in [6.45, 7) is 0.982. The van der Waals surface area contributed by atoms with Gasteiger partial charge >= 0.3 is 0 Å². The summed E-state index contributed by atoms with van der Waals surface area (Å²) in [6, 6.07) is 15.7. The lowest BCUT2D eigenvalue weighted by Gasteiger charge is -2.27. The second kappa shape index (κ2) is 9.14. The molecule has 154 valence electrons. The molecule has 1 atom stereocenters. The van der Waals surface area contributed by atoms with Crippen LogP contribution in [0.25, 0.3) is 11.3 Å². The summed E-state index contributed by atoms with van der Waals surface area (Å²) in [5.41, 5.74) is 2.99. The Bertz CT molecular complexity index is 1110. The second-order valence-corrected chi connectivity index (χ2v) is 8.61. The molecule has 0 aliphatic carbocycles. The molecule has 1 amide bonds. The molecule has 1 fully saturated rings. The molecule has 1 aromatic heterocycles. The highest BCUT2D eigenvalue weighted by molar-refractivity contribution is 7.86. The average Bonchev–Trinajstić information content (AvgIpc) is 2.76. The summed E-state index contributed by atoms with van der Waals surface area (Å²) < 4.78 is 19.0. The Labute approximate surface area is 186 Å². The van der Waals surface area contributed by atoms with Gasteiger partial charge in [-0.15, -0.1) is 0 Å². The van der Waals surface area contributed by atoms with E-state index in [1.807, 2.05) is 18.2 Å². The van der Waals surface area contributed by atoms with Gasteiger partial charge in [-0.05, 0) is 48.5 Å². The van der Waals surface area contributed by atoms with E-state index >= 15 is 0 Å². The second-order valence-electron chi connectivity index (χ2n) is 6.48. The Balaban J connectivity index is 1.55. The molecular weight excluding hydrogens is 445 g/mol. The van der Waals surface area contributed by atoms with Crippen LogP contribution in [-0.4, -0.2) is 34.2 Å². The first-order chi connectivity index (χ1) is 14.5. The molecule has 2 aromatic carbocycles. The number of hydrogen-bond acceptors (Lipinski definition) is 4. The lowest BCUT2D eigenvalue weighted by atomic mass is 10.1. The van der Waals surface area contributed by atoms with Crippen molar-refractivity contribution >= 4 is 51.5 Å². The van der Waals surface area contributed by atoms with Crippen molar-refractivity contribution in [2.75, 3.05) is 28.7 Å². The summed E-state index contributed by atoms with van der Waals surface area (Å²) in [6.07, 6.45) is 1.68. The molecule has 3 aromatic rings. The van der Waals surface area contributed by atoms with E-state index in [0.29, 0.717) is 46.4 Å². The van der Waals surface area contributed by atoms with Gasteiger partial charge in [0.2, 0.25) is 0 Å². The molecule has 0 radical (unpaired) electrons. The van der Waals surface area contributed by atoms with Crippen LogP contribution in [0.15, 0.2) is 60.8 Å². The van der Waals surface area contributed by atoms with Crippen LogP contribution >= 0.6 is 23.2 Å². The minimum atomic E-state index is -1.28. The van der Waals surface area contributed by atoms with Crippen molar-refractivity contribution in [2.24, 2.45) is 0 Å². The highest BCUT2D eigenvalue weighted by Gasteiger charge is 2.21. The molecule has 9 heteroatoms. The zero-order valence-electron chi connectivity index (χ0n) is 15.7. The van der Waals surface area contributed by atoms with Crippen molar-refractivity contribution < 1.29 is 13.7 Å². The number of amides is 1. The number of nitrogens with zero attached hydrogens (tertiary/aromatic N) is 2. The molecule has 0 bridgehead atoms. The van der Waals surface area contributed by atoms with Crippen LogP contribution in [0.2, 0.25) is 10.0 Å². The van der Waals surface area contributed by atoms with Crippen LogP contribution in [0.1, 0.15) is 10.4 Å². The maximum atomic E-state index is 12.8. The zero-order valence-corrected chi connectivity index (χ0v) is 18.0. The minimum absolute atomic E-state index is 0.148. The number of aromatic nitrogens is 1. The first-order valence-corrected chi connectivity index (χ1v) is 11.1. The number of carbonyl (C=O) groups excluding carboxylic acids is 1. The lowest BCUT2D eigenvalue weighted by Crippen LogP contribution is -2.36. The molecule has 30 heavy (non-hydrogen) atoms. The predicted molar refractivity (Wildman–Crippen MR) is 120 cm³/mol. The van der Waals surface area contributed by atoms with Gasteiger partial charge in [0.25, 0.3) is 5.91 Å². The third kappa shape index (κ3) is 4.49. The Hall–Kier alpha value is -2.45. The Morgan fingerprint density at radius 2 is 1.97 bits per heavy atom. The van der Waals surface area contributed by atoms with E-state index in [4.69, 9.17) is 27.9 Å². The number of anilines is 2. The molecule has 1 saturated heterocycles. The third-order valence-electron chi connectivity index (χ3n) is 4.52. The number of carbonyl (C=O) groups is 1. The Morgan fingerprint density at radius 3 is 2.70 bits per heavy atom. The molecule has 1 aliphatic rings. The van der Waals surface area contributed by atoms with Crippen molar-refractivity contribution in [2.45, 2.75) is 0 Å². The van der Waals surface area contributed by atoms with Gasteiger partial charge in [-0.1, -0.05) is 29.3 Å². The predicted octanol–water partition coefficient (Wildman–Crippen LogP) is 4.77. The third-order valence-corrected chi connectivity index (χ3v) is 6.41. The summed E-state index contributed by atoms with van der Waals surface area (Å²) in [5, 5.41) is 3.65. The molecule has 4 rings (SSSR count). The van der Waals surface area contributed by atoms with E-state index in [1.54, 1.807) is 46.9 Å². The quantitative estimate of drug-likeness (QED) is 0.607. The Morgan fingerprint density at radius 1 is 1.10 bits per heavy atom. The molecule has 0 spiro atoms. The highest BCUT2D eigenvalue weighted by Crippen LogP contribution is 2.30. The van der Waals surface area contributed by atoms with Crippen LogP contribution in [0.3, 0.4) is 0 Å². The monoisotopic (exact) mass is 461 g/mol. The molecule has 6 nitrogen and oxygen atoms in total. The van der Waals surface area contributed by atoms with Gasteiger partial charge in [-0.3, -0.25) is 14.1 Å². The SMILES string of the molecule is O=C(Nc1ccc(Cl)c(-c2ccccn2)c1)c1ccc(N2CCOCS2=O)cc1Cl. The lowest BCUT2D eigenvalue weighted by molar-refractivity contribution is 0.102. The molecule has 1 N–H and O–H groups in total. The topological polar surface area (TPSA) is 71.5 Å². The van der Waals surface area contributed by atoms with Crippen molar-refractivity contribution in [3.63, 3.8) is 0 Å². The van der Waals surface area contributed by atoms with E-state index in [1.165, 1.54) is 0 Å². The fourth-order valence-corrected chi connectivity index (χ4v) is 4.54. The van der Waals surface area contributed by atoms with Crippen LogP contribution in [-0.2, 0) is 15.7 Å². The molecular formula is C21H17Cl2N3O3S. The van der Waals surface area contributed by atoms with E-state index < -0.39 is 11.0 Å². The summed E-state index contributed by atoms with van der Waals surface area (Å²) in [7, 11) is -1.28. The van der Waals surface area contributed by atoms with Gasteiger partial charge < -0.3 is 10.1 Å². The zero-order chi connectivity index (χ0) is 21.1. The summed E-state index contributed by atoms with van der Waals surface area (Å²) in [5.74, 6) is -0.210. The normalized spacial score (nSPS) is 16.3. The minimum Gasteiger partial charge on any atom is -0.364 e. The van der Waals surface area contributed by atoms with Crippen molar-refractivity contribution in [1.29, 1.82) is 0 Å². The summed E-state index contributed by atoms with van der Waals surface area (Å²) >= 11 is 12.7. The highest BCUT2D eigenvalue weighted by atomic mass is 35.5. The van der Waals surface area contributed by atoms with Gasteiger partial charge in [0.05, 0.1) is 40.1 Å². The van der Waals surface area contributed by atoms with E-state index in [-0.39, 0.29) is 16.9 Å². The van der Waals surface area contributed by atoms with Gasteiger partial charge in [0, 0.05) is 17.4 Å². The van der Waals surface area contributed by atoms with Crippen LogP contribution in [0, 0.1) is 0 Å². The fraction of sp³-hybridized carbons (Fsp3) is 0.143. The van der Waals surface area contributed by atoms with E-state index in [9.17, 15) is 9.00 Å². The van der Waals surface area contributed by atoms with Gasteiger partial charge in [0.15, 0.2) is 0 Å². The molecule has 1 aliphatic heterocycles. The largest absolute Gasteiger partial charge is 0.364 e. The fourth-order valence-electron chi connectivity index (χ4n) is 3.05. The number of benzene rings is 2. The number of ether oxygens (including phenoxy) is 1. The van der Waals surface area contributed by atoms with Crippen LogP contribution in [0.5, 0.6) is 0 Å². The van der Waals surface area contributed by atoms with E-state index in [0.717, 1.165) is 0 Å². The molecule has 0 saturated carbocycles. The van der Waals surface area contributed by atoms with E-state index in [2.05, 4.69) is 10.3 Å². The van der Waals surface area contributed by atoms with Crippen molar-refractivity contribution in [3.05, 3.63) is 76.4 Å². The first kappa shape index (κ1) is 20.8. The molecule has 2 heterocycles. The molecule has 1 unspecified atom stereocenters. The van der Waals surface area contributed by atoms with Gasteiger partial charge in [-0.25, -0.2) is 4.21 Å².